The van der Waals surface area contributed by atoms with Crippen molar-refractivity contribution in [3.8, 4) is 5.75 Å². The lowest BCUT2D eigenvalue weighted by Gasteiger charge is -2.25. The van der Waals surface area contributed by atoms with E-state index in [1.807, 2.05) is 54.4 Å². The van der Waals surface area contributed by atoms with Gasteiger partial charge in [-0.3, -0.25) is 14.6 Å². The number of carbonyl (C=O) groups is 2. The number of anilines is 1. The number of unbranched alkanes of at least 4 members (excludes halogenated alkanes) is 5. The van der Waals surface area contributed by atoms with Crippen molar-refractivity contribution in [3.05, 3.63) is 59.2 Å². The van der Waals surface area contributed by atoms with Gasteiger partial charge in [0.05, 0.1) is 25.8 Å². The predicted octanol–water partition coefficient (Wildman–Crippen LogP) is 6.17. The molecule has 2 heterocycles. The molecule has 4 rings (SSSR count). The molecule has 8 heteroatoms. The number of esters is 1. The summed E-state index contributed by atoms with van der Waals surface area (Å²) in [5.41, 5.74) is 3.24. The van der Waals surface area contributed by atoms with E-state index < -0.39 is 0 Å². The minimum atomic E-state index is -0.175. The van der Waals surface area contributed by atoms with Crippen LogP contribution in [0.1, 0.15) is 73.4 Å². The Morgan fingerprint density at radius 3 is 2.64 bits per heavy atom. The molecule has 0 aromatic heterocycles. The highest BCUT2D eigenvalue weighted by atomic mass is 32.2. The van der Waals surface area contributed by atoms with Crippen LogP contribution in [-0.4, -0.2) is 60.9 Å². The number of hydrogen-bond donors (Lipinski definition) is 1. The number of rotatable bonds is 13. The van der Waals surface area contributed by atoms with Crippen LogP contribution in [0.2, 0.25) is 0 Å². The third kappa shape index (κ3) is 9.60. The molecule has 2 aromatic rings. The Kier molecular flexibility index (Phi) is 11.6. The fourth-order valence-corrected chi connectivity index (χ4v) is 5.65. The van der Waals surface area contributed by atoms with Gasteiger partial charge in [-0.15, -0.1) is 0 Å². The quantitative estimate of drug-likeness (QED) is 0.182. The maximum absolute atomic E-state index is 12.9. The van der Waals surface area contributed by atoms with E-state index in [1.54, 1.807) is 6.07 Å². The Bertz CT molecular complexity index is 1100. The number of nitrogens with zero attached hydrogens (tertiary/aromatic N) is 2. The molecule has 1 atom stereocenters. The summed E-state index contributed by atoms with van der Waals surface area (Å²) >= 11 is 1.96. The van der Waals surface area contributed by atoms with Gasteiger partial charge in [0.25, 0.3) is 5.91 Å². The van der Waals surface area contributed by atoms with Gasteiger partial charge in [0, 0.05) is 41.8 Å². The predicted molar refractivity (Wildman–Crippen MR) is 159 cm³/mol. The second-order valence-electron chi connectivity index (χ2n) is 10.3. The third-order valence-electron chi connectivity index (χ3n) is 7.05. The van der Waals surface area contributed by atoms with Crippen LogP contribution in [0.15, 0.2) is 47.6 Å². The highest BCUT2D eigenvalue weighted by Gasteiger charge is 2.24. The van der Waals surface area contributed by atoms with E-state index in [-0.39, 0.29) is 17.8 Å². The monoisotopic (exact) mass is 551 g/mol. The summed E-state index contributed by atoms with van der Waals surface area (Å²) in [5, 5.41) is 9.62. The molecule has 1 amide bonds. The van der Waals surface area contributed by atoms with Crippen molar-refractivity contribution in [3.63, 3.8) is 0 Å². The van der Waals surface area contributed by atoms with Gasteiger partial charge in [-0.2, -0.15) is 16.9 Å². The zero-order valence-electron chi connectivity index (χ0n) is 23.0. The third-order valence-corrected chi connectivity index (χ3v) is 7.99. The largest absolute Gasteiger partial charge is 0.493 e. The molecule has 2 aliphatic rings. The number of fused-ring (bicyclic) bond motifs is 1. The van der Waals surface area contributed by atoms with Crippen molar-refractivity contribution in [1.82, 2.24) is 5.01 Å². The fraction of sp³-hybridized carbons (Fsp3) is 0.516. The van der Waals surface area contributed by atoms with Gasteiger partial charge in [0.2, 0.25) is 0 Å². The molecule has 1 fully saturated rings. The molecule has 7 nitrogen and oxygen atoms in total. The summed E-state index contributed by atoms with van der Waals surface area (Å²) < 4.78 is 11.3. The molecular weight excluding hydrogens is 510 g/mol. The van der Waals surface area contributed by atoms with Crippen molar-refractivity contribution in [2.45, 2.75) is 58.3 Å². The Morgan fingerprint density at radius 1 is 1.08 bits per heavy atom. The van der Waals surface area contributed by atoms with E-state index in [0.29, 0.717) is 31.6 Å². The first-order valence-corrected chi connectivity index (χ1v) is 15.5. The zero-order valence-corrected chi connectivity index (χ0v) is 23.8. The molecule has 2 aromatic carbocycles. The highest BCUT2D eigenvalue weighted by Crippen LogP contribution is 2.30. The average molecular weight is 552 g/mol. The van der Waals surface area contributed by atoms with E-state index in [1.165, 1.54) is 25.7 Å². The molecule has 1 N–H and O–H groups in total. The number of hydrazone groups is 1. The van der Waals surface area contributed by atoms with Crippen LogP contribution in [-0.2, 0) is 16.0 Å². The number of carbonyl (C=O) groups excluding carboxylic acids is 2. The normalized spacial score (nSPS) is 16.9. The Balaban J connectivity index is 1.23. The first kappa shape index (κ1) is 29.0. The first-order valence-electron chi connectivity index (χ1n) is 14.3. The minimum absolute atomic E-state index is 0.0470. The average Bonchev–Trinajstić information content (AvgIpc) is 2.96. The van der Waals surface area contributed by atoms with Crippen molar-refractivity contribution in [1.29, 1.82) is 0 Å². The lowest BCUT2D eigenvalue weighted by molar-refractivity contribution is -0.145. The maximum Gasteiger partial charge on any atom is 0.306 e. The van der Waals surface area contributed by atoms with E-state index in [9.17, 15) is 9.59 Å². The molecular formula is C31H41N3O4S. The fourth-order valence-electron chi connectivity index (χ4n) is 4.77. The number of benzene rings is 2. The van der Waals surface area contributed by atoms with Crippen LogP contribution >= 0.6 is 11.8 Å². The van der Waals surface area contributed by atoms with E-state index >= 15 is 0 Å². The molecule has 39 heavy (non-hydrogen) atoms. The van der Waals surface area contributed by atoms with Crippen LogP contribution in [0, 0.1) is 5.92 Å². The van der Waals surface area contributed by atoms with Gasteiger partial charge >= 0.3 is 5.97 Å². The summed E-state index contributed by atoms with van der Waals surface area (Å²) in [6.45, 7) is 5.13. The van der Waals surface area contributed by atoms with Crippen LogP contribution in [0.25, 0.3) is 0 Å². The van der Waals surface area contributed by atoms with Crippen molar-refractivity contribution in [2.75, 3.05) is 43.1 Å². The highest BCUT2D eigenvalue weighted by molar-refractivity contribution is 7.99. The summed E-state index contributed by atoms with van der Waals surface area (Å²) in [4.78, 5) is 25.3. The van der Waals surface area contributed by atoms with Crippen molar-refractivity contribution < 1.29 is 19.1 Å². The standard InChI is InChI=1S/C31H41N3O4S/c1-2-3-4-5-6-7-16-37-30(35)20-25-19-27-21-26(10-13-29(27)38-23-25)31(36)33-28-11-8-24(9-12-28)22-32-34-14-17-39-18-15-34/h8-13,21-22,25H,2-7,14-20,23H2,1H3,(H,33,36). The summed E-state index contributed by atoms with van der Waals surface area (Å²) in [5.74, 6) is 2.71. The molecule has 0 aliphatic carbocycles. The number of nitrogens with one attached hydrogen (secondary N) is 1. The molecule has 2 aliphatic heterocycles. The zero-order chi connectivity index (χ0) is 27.3. The number of thioether (sulfide) groups is 1. The molecule has 0 spiro atoms. The number of amides is 1. The SMILES string of the molecule is CCCCCCCCOC(=O)CC1COc2ccc(C(=O)Nc3ccc(C=NN4CCSCC4)cc3)cc2C1. The lowest BCUT2D eigenvalue weighted by Crippen LogP contribution is -2.27. The van der Waals surface area contributed by atoms with Crippen molar-refractivity contribution in [2.24, 2.45) is 11.0 Å². The van der Waals surface area contributed by atoms with Crippen LogP contribution < -0.4 is 10.1 Å². The maximum atomic E-state index is 12.9. The van der Waals surface area contributed by atoms with Crippen LogP contribution in [0.5, 0.6) is 5.75 Å². The van der Waals surface area contributed by atoms with E-state index in [0.717, 1.165) is 60.0 Å². The summed E-state index contributed by atoms with van der Waals surface area (Å²) in [6.07, 6.45) is 9.87. The van der Waals surface area contributed by atoms with Gasteiger partial charge < -0.3 is 14.8 Å². The van der Waals surface area contributed by atoms with E-state index in [2.05, 4.69) is 22.4 Å². The van der Waals surface area contributed by atoms with Gasteiger partial charge in [0.15, 0.2) is 0 Å². The van der Waals surface area contributed by atoms with Crippen LogP contribution in [0.3, 0.4) is 0 Å². The molecule has 0 radical (unpaired) electrons. The molecule has 1 saturated heterocycles. The Labute approximate surface area is 236 Å². The lowest BCUT2D eigenvalue weighted by atomic mass is 9.93. The van der Waals surface area contributed by atoms with Crippen molar-refractivity contribution >= 4 is 35.5 Å². The molecule has 1 unspecified atom stereocenters. The summed E-state index contributed by atoms with van der Waals surface area (Å²) in [6, 6.07) is 13.2. The minimum Gasteiger partial charge on any atom is -0.493 e. The Morgan fingerprint density at radius 2 is 1.85 bits per heavy atom. The smallest absolute Gasteiger partial charge is 0.306 e. The van der Waals surface area contributed by atoms with Crippen LogP contribution in [0.4, 0.5) is 5.69 Å². The number of ether oxygens (including phenoxy) is 2. The van der Waals surface area contributed by atoms with Gasteiger partial charge in [-0.1, -0.05) is 51.2 Å². The molecule has 0 saturated carbocycles. The topological polar surface area (TPSA) is 80.2 Å². The molecule has 0 bridgehead atoms. The van der Waals surface area contributed by atoms with Gasteiger partial charge in [-0.25, -0.2) is 0 Å². The Hall–Kier alpha value is -3.00. The van der Waals surface area contributed by atoms with Gasteiger partial charge in [-0.05, 0) is 54.3 Å². The summed E-state index contributed by atoms with van der Waals surface area (Å²) in [7, 11) is 0. The first-order chi connectivity index (χ1) is 19.1. The number of hydrogen-bond acceptors (Lipinski definition) is 7. The second-order valence-corrected chi connectivity index (χ2v) is 11.5. The second kappa shape index (κ2) is 15.6. The van der Waals surface area contributed by atoms with Gasteiger partial charge in [0.1, 0.15) is 5.75 Å². The van der Waals surface area contributed by atoms with E-state index in [4.69, 9.17) is 9.47 Å². The molecule has 210 valence electrons.